The van der Waals surface area contributed by atoms with Crippen molar-refractivity contribution < 1.29 is 14.3 Å². The Bertz CT molecular complexity index is 817. The van der Waals surface area contributed by atoms with Crippen molar-refractivity contribution in [3.8, 4) is 11.5 Å². The van der Waals surface area contributed by atoms with Crippen molar-refractivity contribution >= 4 is 17.7 Å². The number of benzene rings is 2. The number of hydrogen-bond donors (Lipinski definition) is 1. The highest BCUT2D eigenvalue weighted by molar-refractivity contribution is 8.00. The van der Waals surface area contributed by atoms with E-state index in [2.05, 4.69) is 36.5 Å². The molecule has 5 heteroatoms. The average Bonchev–Trinajstić information content (AvgIpc) is 2.62. The molecule has 0 saturated heterocycles. The molecule has 3 rings (SSSR count). The number of ether oxygens (including phenoxy) is 2. The van der Waals surface area contributed by atoms with Crippen LogP contribution in [0.3, 0.4) is 0 Å². The first-order chi connectivity index (χ1) is 12.8. The Morgan fingerprint density at radius 1 is 1.26 bits per heavy atom. The van der Waals surface area contributed by atoms with Crippen LogP contribution < -0.4 is 14.8 Å². The summed E-state index contributed by atoms with van der Waals surface area (Å²) in [6.07, 6.45) is 0.709. The number of methoxy groups -OCH3 is 1. The fourth-order valence-corrected chi connectivity index (χ4v) is 4.13. The third-order valence-corrected chi connectivity index (χ3v) is 5.81. The highest BCUT2D eigenvalue weighted by atomic mass is 32.2. The van der Waals surface area contributed by atoms with E-state index in [-0.39, 0.29) is 22.8 Å². The average molecular weight is 386 g/mol. The Morgan fingerprint density at radius 2 is 1.96 bits per heavy atom. The molecule has 1 heterocycles. The number of aryl methyl sites for hydroxylation is 1. The van der Waals surface area contributed by atoms with Crippen LogP contribution in [0.25, 0.3) is 0 Å². The van der Waals surface area contributed by atoms with Gasteiger partial charge in [-0.2, -0.15) is 0 Å². The Morgan fingerprint density at radius 3 is 2.63 bits per heavy atom. The number of nitrogens with one attached hydrogen (secondary N) is 1. The molecular weight excluding hydrogens is 358 g/mol. The minimum absolute atomic E-state index is 0.0250. The monoisotopic (exact) mass is 385 g/mol. The van der Waals surface area contributed by atoms with Gasteiger partial charge in [-0.3, -0.25) is 4.79 Å². The van der Waals surface area contributed by atoms with Crippen LogP contribution in [-0.4, -0.2) is 23.9 Å². The van der Waals surface area contributed by atoms with Crippen molar-refractivity contribution in [2.24, 2.45) is 0 Å². The first-order valence-corrected chi connectivity index (χ1v) is 10.1. The Balaban J connectivity index is 1.75. The predicted octanol–water partition coefficient (Wildman–Crippen LogP) is 4.90. The first kappa shape index (κ1) is 19.6. The molecule has 1 aliphatic heterocycles. The Kier molecular flexibility index (Phi) is 5.70. The van der Waals surface area contributed by atoms with E-state index in [1.165, 1.54) is 5.56 Å². The van der Waals surface area contributed by atoms with E-state index in [0.717, 1.165) is 22.0 Å². The smallest absolute Gasteiger partial charge is 0.233 e. The summed E-state index contributed by atoms with van der Waals surface area (Å²) in [5.74, 6) is 1.59. The number of rotatable bonds is 5. The molecule has 27 heavy (non-hydrogen) atoms. The summed E-state index contributed by atoms with van der Waals surface area (Å²) < 4.78 is 11.4. The summed E-state index contributed by atoms with van der Waals surface area (Å²) in [6.45, 7) is 8.09. The van der Waals surface area contributed by atoms with Crippen LogP contribution in [0, 0.1) is 6.92 Å². The summed E-state index contributed by atoms with van der Waals surface area (Å²) in [5.41, 5.74) is 1.84. The van der Waals surface area contributed by atoms with Gasteiger partial charge in [-0.25, -0.2) is 0 Å². The molecule has 2 atom stereocenters. The van der Waals surface area contributed by atoms with Gasteiger partial charge in [0.1, 0.15) is 17.1 Å². The fourth-order valence-electron chi connectivity index (χ4n) is 3.25. The lowest BCUT2D eigenvalue weighted by atomic mass is 9.89. The van der Waals surface area contributed by atoms with E-state index in [4.69, 9.17) is 9.47 Å². The maximum Gasteiger partial charge on any atom is 0.233 e. The Labute approximate surface area is 165 Å². The summed E-state index contributed by atoms with van der Waals surface area (Å²) in [4.78, 5) is 13.9. The van der Waals surface area contributed by atoms with Crippen molar-refractivity contribution in [1.29, 1.82) is 0 Å². The van der Waals surface area contributed by atoms with Crippen molar-refractivity contribution in [2.75, 3.05) is 7.11 Å². The molecule has 0 radical (unpaired) electrons. The summed E-state index contributed by atoms with van der Waals surface area (Å²) in [7, 11) is 1.64. The van der Waals surface area contributed by atoms with Crippen LogP contribution in [0.5, 0.6) is 11.5 Å². The zero-order chi connectivity index (χ0) is 19.6. The van der Waals surface area contributed by atoms with E-state index >= 15 is 0 Å². The molecule has 144 valence electrons. The number of fused-ring (bicyclic) bond motifs is 1. The molecule has 0 aromatic heterocycles. The predicted molar refractivity (Wildman–Crippen MR) is 110 cm³/mol. The van der Waals surface area contributed by atoms with Gasteiger partial charge in [-0.15, -0.1) is 11.8 Å². The molecule has 0 bridgehead atoms. The molecule has 0 unspecified atom stereocenters. The van der Waals surface area contributed by atoms with Crippen molar-refractivity contribution in [3.05, 3.63) is 53.6 Å². The molecule has 1 N–H and O–H groups in total. The number of carbonyl (C=O) groups is 1. The standard InChI is InChI=1S/C22H27NO3S/c1-14-6-9-17(10-7-14)27-15(2)21(24)23-19-13-22(3,4)26-20-11-8-16(25-5)12-18(19)20/h6-12,15,19H,13H2,1-5H3,(H,23,24)/t15-,19+/m0/s1. The van der Waals surface area contributed by atoms with Gasteiger partial charge in [0, 0.05) is 16.9 Å². The third kappa shape index (κ3) is 4.78. The van der Waals surface area contributed by atoms with Gasteiger partial charge < -0.3 is 14.8 Å². The van der Waals surface area contributed by atoms with Crippen molar-refractivity contribution in [3.63, 3.8) is 0 Å². The molecule has 0 spiro atoms. The quantitative estimate of drug-likeness (QED) is 0.744. The van der Waals surface area contributed by atoms with Gasteiger partial charge in [-0.05, 0) is 58.0 Å². The molecule has 1 aliphatic rings. The summed E-state index contributed by atoms with van der Waals surface area (Å²) in [5, 5.41) is 3.03. The van der Waals surface area contributed by atoms with Crippen LogP contribution in [-0.2, 0) is 4.79 Å². The van der Waals surface area contributed by atoms with E-state index in [1.54, 1.807) is 18.9 Å². The zero-order valence-electron chi connectivity index (χ0n) is 16.5. The maximum absolute atomic E-state index is 12.9. The maximum atomic E-state index is 12.9. The van der Waals surface area contributed by atoms with Gasteiger partial charge in [-0.1, -0.05) is 17.7 Å². The topological polar surface area (TPSA) is 47.6 Å². The second kappa shape index (κ2) is 7.85. The van der Waals surface area contributed by atoms with Crippen molar-refractivity contribution in [2.45, 2.75) is 55.9 Å². The lowest BCUT2D eigenvalue weighted by Crippen LogP contribution is -2.43. The second-order valence-corrected chi connectivity index (χ2v) is 9.02. The molecule has 1 amide bonds. The summed E-state index contributed by atoms with van der Waals surface area (Å²) in [6, 6.07) is 13.9. The normalized spacial score (nSPS) is 18.8. The minimum Gasteiger partial charge on any atom is -0.497 e. The number of hydrogen-bond acceptors (Lipinski definition) is 4. The fraction of sp³-hybridized carbons (Fsp3) is 0.409. The van der Waals surface area contributed by atoms with E-state index in [0.29, 0.717) is 6.42 Å². The number of carbonyl (C=O) groups excluding carboxylic acids is 1. The van der Waals surface area contributed by atoms with E-state index in [1.807, 2.05) is 39.0 Å². The van der Waals surface area contributed by atoms with Crippen LogP contribution in [0.15, 0.2) is 47.4 Å². The highest BCUT2D eigenvalue weighted by Crippen LogP contribution is 2.41. The second-order valence-electron chi connectivity index (χ2n) is 7.60. The molecule has 2 aromatic rings. The molecule has 0 aliphatic carbocycles. The van der Waals surface area contributed by atoms with Crippen LogP contribution in [0.4, 0.5) is 0 Å². The Hall–Kier alpha value is -2.14. The highest BCUT2D eigenvalue weighted by Gasteiger charge is 2.35. The molecule has 2 aromatic carbocycles. The molecule has 0 fully saturated rings. The van der Waals surface area contributed by atoms with E-state index < -0.39 is 0 Å². The minimum atomic E-state index is -0.340. The summed E-state index contributed by atoms with van der Waals surface area (Å²) >= 11 is 1.57. The number of amides is 1. The van der Waals surface area contributed by atoms with Crippen LogP contribution in [0.1, 0.15) is 44.4 Å². The SMILES string of the molecule is COc1ccc2c(c1)[C@H](NC(=O)[C@H](C)Sc1ccc(C)cc1)CC(C)(C)O2. The van der Waals surface area contributed by atoms with Gasteiger partial charge in [0.25, 0.3) is 0 Å². The molecular formula is C22H27NO3S. The van der Waals surface area contributed by atoms with Gasteiger partial charge >= 0.3 is 0 Å². The van der Waals surface area contributed by atoms with Gasteiger partial charge in [0.2, 0.25) is 5.91 Å². The van der Waals surface area contributed by atoms with Crippen LogP contribution in [0.2, 0.25) is 0 Å². The third-order valence-electron chi connectivity index (χ3n) is 4.69. The molecule has 0 saturated carbocycles. The lowest BCUT2D eigenvalue weighted by molar-refractivity contribution is -0.121. The van der Waals surface area contributed by atoms with E-state index in [9.17, 15) is 4.79 Å². The van der Waals surface area contributed by atoms with Crippen LogP contribution >= 0.6 is 11.8 Å². The van der Waals surface area contributed by atoms with Crippen molar-refractivity contribution in [1.82, 2.24) is 5.32 Å². The number of thioether (sulfide) groups is 1. The zero-order valence-corrected chi connectivity index (χ0v) is 17.4. The first-order valence-electron chi connectivity index (χ1n) is 9.18. The molecule has 4 nitrogen and oxygen atoms in total. The van der Waals surface area contributed by atoms with Gasteiger partial charge in [0.05, 0.1) is 18.4 Å². The largest absolute Gasteiger partial charge is 0.497 e. The lowest BCUT2D eigenvalue weighted by Gasteiger charge is -2.38. The van der Waals surface area contributed by atoms with Gasteiger partial charge in [0.15, 0.2) is 0 Å².